The van der Waals surface area contributed by atoms with E-state index >= 15 is 0 Å². The van der Waals surface area contributed by atoms with Crippen LogP contribution in [0.25, 0.3) is 0 Å². The average Bonchev–Trinajstić information content (AvgIpc) is 2.88. The van der Waals surface area contributed by atoms with Gasteiger partial charge in [-0.2, -0.15) is 0 Å². The Morgan fingerprint density at radius 2 is 1.80 bits per heavy atom. The van der Waals surface area contributed by atoms with Crippen molar-refractivity contribution in [3.63, 3.8) is 0 Å². The average molecular weight is 341 g/mol. The van der Waals surface area contributed by atoms with Crippen molar-refractivity contribution < 1.29 is 23.8 Å². The first kappa shape index (κ1) is 16.7. The first-order valence-corrected chi connectivity index (χ1v) is 7.79. The molecule has 1 heterocycles. The van der Waals surface area contributed by atoms with Gasteiger partial charge in [-0.1, -0.05) is 30.3 Å². The van der Waals surface area contributed by atoms with Crippen LogP contribution >= 0.6 is 0 Å². The smallest absolute Gasteiger partial charge is 0.340 e. The summed E-state index contributed by atoms with van der Waals surface area (Å²) in [6, 6.07) is 13.2. The molecular formula is C19H16FNO4. The van der Waals surface area contributed by atoms with Gasteiger partial charge in [0.05, 0.1) is 12.6 Å². The molecule has 25 heavy (non-hydrogen) atoms. The summed E-state index contributed by atoms with van der Waals surface area (Å²) in [7, 11) is 0. The number of esters is 1. The van der Waals surface area contributed by atoms with Crippen LogP contribution < -0.4 is 4.90 Å². The lowest BCUT2D eigenvalue weighted by atomic mass is 9.99. The van der Waals surface area contributed by atoms with Crippen LogP contribution in [-0.2, 0) is 14.3 Å². The minimum atomic E-state index is -0.894. The van der Waals surface area contributed by atoms with E-state index in [0.29, 0.717) is 11.3 Å². The van der Waals surface area contributed by atoms with Crippen LogP contribution in [0.3, 0.4) is 0 Å². The van der Waals surface area contributed by atoms with Gasteiger partial charge in [0.15, 0.2) is 5.76 Å². The molecule has 0 saturated carbocycles. The fourth-order valence-electron chi connectivity index (χ4n) is 2.84. The third kappa shape index (κ3) is 2.98. The van der Waals surface area contributed by atoms with Crippen LogP contribution in [0.15, 0.2) is 65.9 Å². The predicted molar refractivity (Wildman–Crippen MR) is 89.4 cm³/mol. The van der Waals surface area contributed by atoms with Crippen molar-refractivity contribution in [2.24, 2.45) is 0 Å². The van der Waals surface area contributed by atoms with E-state index in [1.165, 1.54) is 29.2 Å². The molecular weight excluding hydrogens is 325 g/mol. The van der Waals surface area contributed by atoms with E-state index in [2.05, 4.69) is 0 Å². The number of carbonyl (C=O) groups is 2. The lowest BCUT2D eigenvalue weighted by Gasteiger charge is -2.26. The van der Waals surface area contributed by atoms with E-state index in [0.717, 1.165) is 0 Å². The Morgan fingerprint density at radius 1 is 1.16 bits per heavy atom. The molecule has 0 fully saturated rings. The molecule has 128 valence electrons. The molecule has 1 amide bonds. The topological polar surface area (TPSA) is 66.8 Å². The van der Waals surface area contributed by atoms with Crippen molar-refractivity contribution in [2.75, 3.05) is 11.5 Å². The Bertz CT molecular complexity index is 830. The Hall–Kier alpha value is -3.15. The maximum Gasteiger partial charge on any atom is 0.340 e. The van der Waals surface area contributed by atoms with Crippen LogP contribution in [0, 0.1) is 5.82 Å². The Labute approximate surface area is 144 Å². The highest BCUT2D eigenvalue weighted by Crippen LogP contribution is 2.40. The second-order valence-corrected chi connectivity index (χ2v) is 5.45. The molecule has 0 spiro atoms. The number of rotatable bonds is 4. The van der Waals surface area contributed by atoms with Crippen molar-refractivity contribution in [3.8, 4) is 0 Å². The van der Waals surface area contributed by atoms with Crippen LogP contribution in [0.2, 0.25) is 0 Å². The summed E-state index contributed by atoms with van der Waals surface area (Å²) in [5, 5.41) is 10.3. The minimum Gasteiger partial charge on any atom is -0.503 e. The molecule has 1 aliphatic rings. The number of carbonyl (C=O) groups excluding carboxylic acids is 2. The summed E-state index contributed by atoms with van der Waals surface area (Å²) < 4.78 is 18.3. The molecule has 0 unspecified atom stereocenters. The van der Waals surface area contributed by atoms with Crippen molar-refractivity contribution in [2.45, 2.75) is 13.0 Å². The number of ether oxygens (including phenoxy) is 1. The Morgan fingerprint density at radius 3 is 2.40 bits per heavy atom. The van der Waals surface area contributed by atoms with Crippen LogP contribution in [0.5, 0.6) is 0 Å². The fraction of sp³-hybridized carbons (Fsp3) is 0.158. The standard InChI is InChI=1S/C19H16FNO4/c1-2-25-19(24)15-16(12-8-10-13(20)11-9-12)21(18(23)17(15)22)14-6-4-3-5-7-14/h3-11,16,22H,2H2,1H3/t16-/m1/s1. The Balaban J connectivity index is 2.14. The van der Waals surface area contributed by atoms with Gasteiger partial charge in [0, 0.05) is 5.69 Å². The third-order valence-corrected chi connectivity index (χ3v) is 3.92. The van der Waals surface area contributed by atoms with Gasteiger partial charge in [-0.15, -0.1) is 0 Å². The summed E-state index contributed by atoms with van der Waals surface area (Å²) in [5.41, 5.74) is 0.848. The molecule has 0 radical (unpaired) electrons. The largest absolute Gasteiger partial charge is 0.503 e. The molecule has 1 N–H and O–H groups in total. The van der Waals surface area contributed by atoms with E-state index in [1.54, 1.807) is 37.3 Å². The fourth-order valence-corrected chi connectivity index (χ4v) is 2.84. The van der Waals surface area contributed by atoms with Crippen molar-refractivity contribution in [3.05, 3.63) is 77.3 Å². The zero-order valence-electron chi connectivity index (χ0n) is 13.5. The number of hydrogen-bond donors (Lipinski definition) is 1. The Kier molecular flexibility index (Phi) is 4.52. The summed E-state index contributed by atoms with van der Waals surface area (Å²) in [6.45, 7) is 1.74. The highest BCUT2D eigenvalue weighted by atomic mass is 19.1. The summed E-state index contributed by atoms with van der Waals surface area (Å²) >= 11 is 0. The maximum absolute atomic E-state index is 13.3. The molecule has 0 aliphatic carbocycles. The SMILES string of the molecule is CCOC(=O)C1=C(O)C(=O)N(c2ccccc2)[C@@H]1c1ccc(F)cc1. The highest BCUT2D eigenvalue weighted by molar-refractivity contribution is 6.15. The minimum absolute atomic E-state index is 0.102. The second kappa shape index (κ2) is 6.76. The number of halogens is 1. The van der Waals surface area contributed by atoms with Gasteiger partial charge in [-0.05, 0) is 36.8 Å². The number of para-hydroxylation sites is 1. The highest BCUT2D eigenvalue weighted by Gasteiger charge is 2.45. The van der Waals surface area contributed by atoms with Crippen molar-refractivity contribution in [1.29, 1.82) is 0 Å². The van der Waals surface area contributed by atoms with Crippen LogP contribution in [0.1, 0.15) is 18.5 Å². The molecule has 0 saturated heterocycles. The lowest BCUT2D eigenvalue weighted by molar-refractivity contribution is -0.139. The molecule has 1 aliphatic heterocycles. The van der Waals surface area contributed by atoms with Gasteiger partial charge in [-0.3, -0.25) is 9.69 Å². The van der Waals surface area contributed by atoms with Gasteiger partial charge in [0.2, 0.25) is 0 Å². The van der Waals surface area contributed by atoms with Crippen molar-refractivity contribution in [1.82, 2.24) is 0 Å². The zero-order chi connectivity index (χ0) is 18.0. The molecule has 3 rings (SSSR count). The third-order valence-electron chi connectivity index (χ3n) is 3.92. The van der Waals surface area contributed by atoms with E-state index < -0.39 is 29.5 Å². The van der Waals surface area contributed by atoms with Crippen molar-refractivity contribution >= 4 is 17.6 Å². The number of hydrogen-bond acceptors (Lipinski definition) is 4. The van der Waals surface area contributed by atoms with Crippen LogP contribution in [0.4, 0.5) is 10.1 Å². The maximum atomic E-state index is 13.3. The van der Waals surface area contributed by atoms with Gasteiger partial charge in [0.25, 0.3) is 5.91 Å². The van der Waals surface area contributed by atoms with E-state index in [4.69, 9.17) is 4.74 Å². The number of aliphatic hydroxyl groups is 1. The first-order chi connectivity index (χ1) is 12.0. The number of amides is 1. The lowest BCUT2D eigenvalue weighted by Crippen LogP contribution is -2.31. The molecule has 2 aromatic carbocycles. The van der Waals surface area contributed by atoms with Crippen LogP contribution in [-0.4, -0.2) is 23.6 Å². The molecule has 1 atom stereocenters. The summed E-state index contributed by atoms with van der Waals surface area (Å²) in [5.74, 6) is -2.58. The predicted octanol–water partition coefficient (Wildman–Crippen LogP) is 3.29. The molecule has 0 aromatic heterocycles. The normalized spacial score (nSPS) is 17.1. The van der Waals surface area contributed by atoms with Gasteiger partial charge >= 0.3 is 5.97 Å². The summed E-state index contributed by atoms with van der Waals surface area (Å²) in [6.07, 6.45) is 0. The van der Waals surface area contributed by atoms with E-state index in [9.17, 15) is 19.1 Å². The quantitative estimate of drug-likeness (QED) is 0.867. The number of anilines is 1. The number of nitrogens with zero attached hydrogens (tertiary/aromatic N) is 1. The van der Waals surface area contributed by atoms with Gasteiger partial charge in [-0.25, -0.2) is 9.18 Å². The van der Waals surface area contributed by atoms with E-state index in [1.807, 2.05) is 0 Å². The monoisotopic (exact) mass is 341 g/mol. The first-order valence-electron chi connectivity index (χ1n) is 7.79. The number of benzene rings is 2. The molecule has 0 bridgehead atoms. The van der Waals surface area contributed by atoms with Gasteiger partial charge < -0.3 is 9.84 Å². The van der Waals surface area contributed by atoms with Gasteiger partial charge in [0.1, 0.15) is 11.4 Å². The molecule has 6 heteroatoms. The van der Waals surface area contributed by atoms with E-state index in [-0.39, 0.29) is 12.2 Å². The number of aliphatic hydroxyl groups excluding tert-OH is 1. The summed E-state index contributed by atoms with van der Waals surface area (Å²) in [4.78, 5) is 26.2. The zero-order valence-corrected chi connectivity index (χ0v) is 13.5. The molecule has 2 aromatic rings. The second-order valence-electron chi connectivity index (χ2n) is 5.45. The molecule has 5 nitrogen and oxygen atoms in total.